The molecular weight excluding hydrogens is 114 g/mol. The fourth-order valence-electron chi connectivity index (χ4n) is 1.20. The summed E-state index contributed by atoms with van der Waals surface area (Å²) in [4.78, 5) is 0. The summed E-state index contributed by atoms with van der Waals surface area (Å²) < 4.78 is 0. The minimum absolute atomic E-state index is 0.836. The van der Waals surface area contributed by atoms with E-state index in [9.17, 15) is 0 Å². The van der Waals surface area contributed by atoms with Gasteiger partial charge in [0.05, 0.1) is 6.54 Å². The zero-order valence-electron chi connectivity index (χ0n) is 5.22. The van der Waals surface area contributed by atoms with Crippen LogP contribution in [0.2, 0.25) is 0 Å². The zero-order chi connectivity index (χ0) is 6.10. The van der Waals surface area contributed by atoms with Crippen LogP contribution in [0.15, 0.2) is 21.6 Å². The van der Waals surface area contributed by atoms with Crippen molar-refractivity contribution in [2.24, 2.45) is 10.2 Å². The van der Waals surface area contributed by atoms with Gasteiger partial charge in [0.2, 0.25) is 0 Å². The molecular formula is C6H9N3. The average Bonchev–Trinajstić information content (AvgIpc) is 2.33. The van der Waals surface area contributed by atoms with Gasteiger partial charge in [-0.3, -0.25) is 0 Å². The summed E-state index contributed by atoms with van der Waals surface area (Å²) in [5.41, 5.74) is 1.39. The van der Waals surface area contributed by atoms with Gasteiger partial charge < -0.3 is 5.32 Å². The Kier molecular flexibility index (Phi) is 1.01. The molecule has 0 atom stereocenters. The maximum Gasteiger partial charge on any atom is 0.149 e. The van der Waals surface area contributed by atoms with Gasteiger partial charge in [-0.25, -0.2) is 0 Å². The molecule has 0 spiro atoms. The highest BCUT2D eigenvalue weighted by Gasteiger charge is 2.14. The van der Waals surface area contributed by atoms with Crippen LogP contribution < -0.4 is 5.32 Å². The van der Waals surface area contributed by atoms with E-state index < -0.39 is 0 Å². The normalized spacial score (nSPS) is 24.0. The lowest BCUT2D eigenvalue weighted by molar-refractivity contribution is 0.664. The lowest BCUT2D eigenvalue weighted by Crippen LogP contribution is -2.19. The van der Waals surface area contributed by atoms with Crippen LogP contribution >= 0.6 is 0 Å². The highest BCUT2D eigenvalue weighted by Crippen LogP contribution is 2.20. The van der Waals surface area contributed by atoms with Gasteiger partial charge >= 0.3 is 0 Å². The number of hydrogen-bond donors (Lipinski definition) is 1. The Bertz CT molecular complexity index is 181. The maximum absolute atomic E-state index is 3.95. The van der Waals surface area contributed by atoms with Crippen molar-refractivity contribution in [3.63, 3.8) is 0 Å². The first kappa shape index (κ1) is 4.97. The fourth-order valence-corrected chi connectivity index (χ4v) is 1.20. The number of hydrogen-bond acceptors (Lipinski definition) is 3. The van der Waals surface area contributed by atoms with Crippen molar-refractivity contribution in [2.45, 2.75) is 12.8 Å². The quantitative estimate of drug-likeness (QED) is 0.513. The summed E-state index contributed by atoms with van der Waals surface area (Å²) in [7, 11) is 0. The van der Waals surface area contributed by atoms with Gasteiger partial charge in [0.25, 0.3) is 0 Å². The van der Waals surface area contributed by atoms with Gasteiger partial charge in [0.15, 0.2) is 0 Å². The summed E-state index contributed by atoms with van der Waals surface area (Å²) in [6.45, 7) is 1.90. The molecule has 0 saturated carbocycles. The molecule has 2 aliphatic heterocycles. The molecule has 1 N–H and O–H groups in total. The van der Waals surface area contributed by atoms with Crippen molar-refractivity contribution >= 4 is 0 Å². The van der Waals surface area contributed by atoms with Crippen LogP contribution in [-0.2, 0) is 0 Å². The number of nitrogens with one attached hydrogen (secondary N) is 1. The molecule has 48 valence electrons. The Morgan fingerprint density at radius 1 is 1.44 bits per heavy atom. The zero-order valence-corrected chi connectivity index (χ0v) is 5.22. The second-order valence-corrected chi connectivity index (χ2v) is 2.38. The van der Waals surface area contributed by atoms with E-state index in [2.05, 4.69) is 15.5 Å². The smallest absolute Gasteiger partial charge is 0.149 e. The molecule has 2 aliphatic rings. The van der Waals surface area contributed by atoms with Crippen LogP contribution in [0.3, 0.4) is 0 Å². The van der Waals surface area contributed by atoms with E-state index in [0.717, 1.165) is 18.9 Å². The maximum atomic E-state index is 3.95. The molecule has 3 heteroatoms. The van der Waals surface area contributed by atoms with Gasteiger partial charge in [0.1, 0.15) is 5.82 Å². The van der Waals surface area contributed by atoms with Crippen molar-refractivity contribution in [1.82, 2.24) is 5.32 Å². The van der Waals surface area contributed by atoms with E-state index in [0.29, 0.717) is 0 Å². The standard InChI is InChI=1S/C6H9N3/c1-2-5-4-8-9-6(5)7-3-1/h7H,1-4H2. The summed E-state index contributed by atoms with van der Waals surface area (Å²) in [5.74, 6) is 1.04. The molecule has 0 aromatic rings. The second kappa shape index (κ2) is 1.83. The summed E-state index contributed by atoms with van der Waals surface area (Å²) in [6, 6.07) is 0. The predicted octanol–water partition coefficient (Wildman–Crippen LogP) is 1.05. The van der Waals surface area contributed by atoms with Crippen molar-refractivity contribution in [3.05, 3.63) is 11.4 Å². The molecule has 0 radical (unpaired) electrons. The van der Waals surface area contributed by atoms with Crippen LogP contribution in [-0.4, -0.2) is 13.1 Å². The molecule has 3 nitrogen and oxygen atoms in total. The molecule has 2 heterocycles. The van der Waals surface area contributed by atoms with E-state index in [4.69, 9.17) is 0 Å². The van der Waals surface area contributed by atoms with Crippen LogP contribution in [0, 0.1) is 0 Å². The average molecular weight is 123 g/mol. The molecule has 2 rings (SSSR count). The summed E-state index contributed by atoms with van der Waals surface area (Å²) in [6.07, 6.45) is 2.43. The molecule has 0 bridgehead atoms. The number of rotatable bonds is 0. The van der Waals surface area contributed by atoms with E-state index >= 15 is 0 Å². The first-order valence-corrected chi connectivity index (χ1v) is 3.30. The van der Waals surface area contributed by atoms with Crippen LogP contribution in [0.4, 0.5) is 0 Å². The van der Waals surface area contributed by atoms with Gasteiger partial charge in [-0.1, -0.05) is 0 Å². The van der Waals surface area contributed by atoms with Crippen LogP contribution in [0.1, 0.15) is 12.8 Å². The first-order chi connectivity index (χ1) is 4.47. The molecule has 0 fully saturated rings. The van der Waals surface area contributed by atoms with Crippen molar-refractivity contribution in [1.29, 1.82) is 0 Å². The lowest BCUT2D eigenvalue weighted by atomic mass is 10.1. The van der Waals surface area contributed by atoms with E-state index in [1.54, 1.807) is 0 Å². The molecule has 0 aliphatic carbocycles. The van der Waals surface area contributed by atoms with Crippen LogP contribution in [0.5, 0.6) is 0 Å². The summed E-state index contributed by atoms with van der Waals surface area (Å²) in [5, 5.41) is 11.1. The second-order valence-electron chi connectivity index (χ2n) is 2.38. The minimum atomic E-state index is 0.836. The summed E-state index contributed by atoms with van der Waals surface area (Å²) >= 11 is 0. The van der Waals surface area contributed by atoms with Gasteiger partial charge in [-0.05, 0) is 18.4 Å². The molecule has 0 unspecified atom stereocenters. The Morgan fingerprint density at radius 2 is 2.44 bits per heavy atom. The van der Waals surface area contributed by atoms with Crippen molar-refractivity contribution in [3.8, 4) is 0 Å². The highest BCUT2D eigenvalue weighted by molar-refractivity contribution is 5.18. The van der Waals surface area contributed by atoms with E-state index in [1.165, 1.54) is 18.4 Å². The molecule has 0 aromatic carbocycles. The van der Waals surface area contributed by atoms with Crippen molar-refractivity contribution < 1.29 is 0 Å². The lowest BCUT2D eigenvalue weighted by Gasteiger charge is -2.12. The Labute approximate surface area is 53.9 Å². The van der Waals surface area contributed by atoms with Crippen LogP contribution in [0.25, 0.3) is 0 Å². The third-order valence-corrected chi connectivity index (χ3v) is 1.71. The molecule has 9 heavy (non-hydrogen) atoms. The number of nitrogens with zero attached hydrogens (tertiary/aromatic N) is 2. The topological polar surface area (TPSA) is 36.8 Å². The van der Waals surface area contributed by atoms with Gasteiger partial charge in [-0.15, -0.1) is 5.11 Å². The van der Waals surface area contributed by atoms with Gasteiger partial charge in [-0.2, -0.15) is 5.11 Å². The van der Waals surface area contributed by atoms with Gasteiger partial charge in [0, 0.05) is 6.54 Å². The first-order valence-electron chi connectivity index (χ1n) is 3.30. The SMILES string of the molecule is C1CNC2=C(C1)CN=N2. The molecule has 0 saturated heterocycles. The Hall–Kier alpha value is -0.860. The number of azo groups is 1. The fraction of sp³-hybridized carbons (Fsp3) is 0.667. The molecule has 0 aromatic heterocycles. The van der Waals surface area contributed by atoms with E-state index in [1.807, 2.05) is 0 Å². The monoisotopic (exact) mass is 123 g/mol. The minimum Gasteiger partial charge on any atom is -0.369 e. The van der Waals surface area contributed by atoms with E-state index in [-0.39, 0.29) is 0 Å². The third-order valence-electron chi connectivity index (χ3n) is 1.71. The van der Waals surface area contributed by atoms with Crippen molar-refractivity contribution in [2.75, 3.05) is 13.1 Å². The Morgan fingerprint density at radius 3 is 3.33 bits per heavy atom. The third kappa shape index (κ3) is 0.724. The predicted molar refractivity (Wildman–Crippen MR) is 34.0 cm³/mol. The Balaban J connectivity index is 2.24. The largest absolute Gasteiger partial charge is 0.369 e. The molecule has 0 amide bonds. The highest BCUT2D eigenvalue weighted by atomic mass is 15.2.